The SMILES string of the molecule is CCCCCCCCCOC(=O)CCCCCCCN(CCCCCCCC(=O)OC(CCCCCCCC)CCCCCCCC)CCCOC(=O)NC. The van der Waals surface area contributed by atoms with Crippen molar-refractivity contribution in [1.82, 2.24) is 10.2 Å². The molecule has 0 heterocycles. The van der Waals surface area contributed by atoms with Crippen LogP contribution in [0, 0.1) is 0 Å². The molecule has 0 aliphatic carbocycles. The van der Waals surface area contributed by atoms with Gasteiger partial charge in [-0.05, 0) is 77.3 Å². The van der Waals surface area contributed by atoms with E-state index in [0.717, 1.165) is 116 Å². The van der Waals surface area contributed by atoms with E-state index >= 15 is 0 Å². The Morgan fingerprint density at radius 1 is 0.436 bits per heavy atom. The minimum absolute atomic E-state index is 0.00542. The van der Waals surface area contributed by atoms with Crippen LogP contribution in [0.2, 0.25) is 0 Å². The maximum absolute atomic E-state index is 12.8. The fourth-order valence-electron chi connectivity index (χ4n) is 7.26. The van der Waals surface area contributed by atoms with Gasteiger partial charge in [-0.2, -0.15) is 0 Å². The summed E-state index contributed by atoms with van der Waals surface area (Å²) in [4.78, 5) is 38.8. The first kappa shape index (κ1) is 53.2. The van der Waals surface area contributed by atoms with E-state index in [1.165, 1.54) is 109 Å². The molecule has 0 saturated heterocycles. The lowest BCUT2D eigenvalue weighted by molar-refractivity contribution is -0.150. The highest BCUT2D eigenvalue weighted by atomic mass is 16.6. The average Bonchev–Trinajstić information content (AvgIpc) is 3.18. The summed E-state index contributed by atoms with van der Waals surface area (Å²) in [5, 5.41) is 2.51. The van der Waals surface area contributed by atoms with Gasteiger partial charge in [0.05, 0.1) is 13.2 Å². The van der Waals surface area contributed by atoms with Crippen LogP contribution in [0.4, 0.5) is 4.79 Å². The van der Waals surface area contributed by atoms with Crippen LogP contribution in [0.5, 0.6) is 0 Å². The first-order chi connectivity index (χ1) is 27.0. The van der Waals surface area contributed by atoms with Crippen molar-refractivity contribution in [2.75, 3.05) is 39.9 Å². The van der Waals surface area contributed by atoms with E-state index in [1.807, 2.05) is 0 Å². The van der Waals surface area contributed by atoms with Crippen LogP contribution < -0.4 is 5.32 Å². The number of ether oxygens (including phenoxy) is 3. The quantitative estimate of drug-likeness (QED) is 0.0374. The number of nitrogens with one attached hydrogen (secondary N) is 1. The molecule has 1 N–H and O–H groups in total. The highest BCUT2D eigenvalue weighted by molar-refractivity contribution is 5.69. The number of esters is 2. The van der Waals surface area contributed by atoms with Crippen molar-refractivity contribution in [2.24, 2.45) is 0 Å². The number of amides is 1. The predicted octanol–water partition coefficient (Wildman–Crippen LogP) is 13.4. The molecule has 0 unspecified atom stereocenters. The third-order valence-electron chi connectivity index (χ3n) is 10.8. The molecular weight excluding hydrogens is 689 g/mol. The van der Waals surface area contributed by atoms with Crippen LogP contribution in [0.3, 0.4) is 0 Å². The minimum atomic E-state index is -0.372. The molecule has 0 spiro atoms. The van der Waals surface area contributed by atoms with Crippen LogP contribution in [-0.4, -0.2) is 68.9 Å². The molecule has 0 aromatic heterocycles. The Hall–Kier alpha value is -1.83. The van der Waals surface area contributed by atoms with Crippen LogP contribution >= 0.6 is 0 Å². The second kappa shape index (κ2) is 43.3. The molecule has 0 saturated carbocycles. The molecule has 55 heavy (non-hydrogen) atoms. The summed E-state index contributed by atoms with van der Waals surface area (Å²) in [6.07, 6.45) is 38.5. The molecule has 8 heteroatoms. The monoisotopic (exact) mass is 781 g/mol. The third-order valence-corrected chi connectivity index (χ3v) is 10.8. The first-order valence-electron chi connectivity index (χ1n) is 23.9. The molecule has 0 aliphatic heterocycles. The van der Waals surface area contributed by atoms with Gasteiger partial charge < -0.3 is 24.4 Å². The van der Waals surface area contributed by atoms with Gasteiger partial charge in [-0.1, -0.05) is 162 Å². The fraction of sp³-hybridized carbons (Fsp3) is 0.936. The van der Waals surface area contributed by atoms with Gasteiger partial charge in [0.2, 0.25) is 0 Å². The summed E-state index contributed by atoms with van der Waals surface area (Å²) in [5.74, 6) is -0.0341. The van der Waals surface area contributed by atoms with Gasteiger partial charge in [-0.3, -0.25) is 9.59 Å². The number of hydrogen-bond donors (Lipinski definition) is 1. The molecule has 0 aliphatic rings. The molecule has 0 aromatic rings. The lowest BCUT2D eigenvalue weighted by atomic mass is 10.0. The summed E-state index contributed by atoms with van der Waals surface area (Å²) < 4.78 is 16.7. The molecule has 0 atom stereocenters. The number of alkyl carbamates (subject to hydrolysis) is 1. The van der Waals surface area contributed by atoms with Crippen molar-refractivity contribution < 1.29 is 28.6 Å². The Bertz CT molecular complexity index is 824. The van der Waals surface area contributed by atoms with Gasteiger partial charge in [0.15, 0.2) is 0 Å². The smallest absolute Gasteiger partial charge is 0.406 e. The molecule has 0 aromatic carbocycles. The molecule has 8 nitrogen and oxygen atoms in total. The first-order valence-corrected chi connectivity index (χ1v) is 23.9. The van der Waals surface area contributed by atoms with E-state index in [-0.39, 0.29) is 24.1 Å². The Labute approximate surface area is 341 Å². The van der Waals surface area contributed by atoms with Crippen molar-refractivity contribution in [2.45, 2.75) is 245 Å². The molecule has 0 rings (SSSR count). The van der Waals surface area contributed by atoms with Crippen molar-refractivity contribution in [1.29, 1.82) is 0 Å². The predicted molar refractivity (Wildman–Crippen MR) is 232 cm³/mol. The molecule has 0 radical (unpaired) electrons. The average molecular weight is 781 g/mol. The summed E-state index contributed by atoms with van der Waals surface area (Å²) in [6, 6.07) is 0. The number of unbranched alkanes of at least 4 members (excludes halogenated alkanes) is 24. The van der Waals surface area contributed by atoms with Gasteiger partial charge in [-0.15, -0.1) is 0 Å². The van der Waals surface area contributed by atoms with Crippen LogP contribution in [0.15, 0.2) is 0 Å². The standard InChI is InChI=1S/C47H92N2O6/c1-5-8-11-14-17-26-33-42-53-45(50)37-29-22-18-24-31-39-49(41-34-43-54-47(52)48-4)40-32-25-19-23-30-38-46(51)55-44(35-27-20-15-12-9-6-2)36-28-21-16-13-10-7-3/h44H,5-43H2,1-4H3,(H,48,52). The normalized spacial score (nSPS) is 11.4. The zero-order valence-electron chi connectivity index (χ0n) is 37.1. The Morgan fingerprint density at radius 2 is 0.818 bits per heavy atom. The molecule has 0 fully saturated rings. The number of carbonyl (C=O) groups is 3. The van der Waals surface area contributed by atoms with Gasteiger partial charge >= 0.3 is 18.0 Å². The van der Waals surface area contributed by atoms with Crippen molar-refractivity contribution in [3.63, 3.8) is 0 Å². The van der Waals surface area contributed by atoms with E-state index < -0.39 is 0 Å². The van der Waals surface area contributed by atoms with Crippen molar-refractivity contribution in [3.05, 3.63) is 0 Å². The zero-order chi connectivity index (χ0) is 40.3. The van der Waals surface area contributed by atoms with Crippen LogP contribution in [-0.2, 0) is 23.8 Å². The number of carbonyl (C=O) groups excluding carboxylic acids is 3. The highest BCUT2D eigenvalue weighted by Gasteiger charge is 2.14. The van der Waals surface area contributed by atoms with Crippen molar-refractivity contribution >= 4 is 18.0 Å². The molecule has 326 valence electrons. The second-order valence-electron chi connectivity index (χ2n) is 16.2. The van der Waals surface area contributed by atoms with Crippen LogP contribution in [0.25, 0.3) is 0 Å². The lowest BCUT2D eigenvalue weighted by Gasteiger charge is -2.22. The molecule has 0 bridgehead atoms. The fourth-order valence-corrected chi connectivity index (χ4v) is 7.26. The second-order valence-corrected chi connectivity index (χ2v) is 16.2. The summed E-state index contributed by atoms with van der Waals surface area (Å²) in [7, 11) is 1.59. The van der Waals surface area contributed by atoms with E-state index in [9.17, 15) is 14.4 Å². The Balaban J connectivity index is 4.29. The van der Waals surface area contributed by atoms with Crippen LogP contribution in [0.1, 0.15) is 239 Å². The van der Waals surface area contributed by atoms with E-state index in [2.05, 4.69) is 31.0 Å². The van der Waals surface area contributed by atoms with Gasteiger partial charge in [0, 0.05) is 26.4 Å². The minimum Gasteiger partial charge on any atom is -0.466 e. The summed E-state index contributed by atoms with van der Waals surface area (Å²) >= 11 is 0. The largest absolute Gasteiger partial charge is 0.466 e. The highest BCUT2D eigenvalue weighted by Crippen LogP contribution is 2.19. The van der Waals surface area contributed by atoms with Crippen molar-refractivity contribution in [3.8, 4) is 0 Å². The van der Waals surface area contributed by atoms with Gasteiger partial charge in [0.25, 0.3) is 0 Å². The summed E-state index contributed by atoms with van der Waals surface area (Å²) in [5.41, 5.74) is 0. The molecular formula is C47H92N2O6. The molecule has 1 amide bonds. The number of hydrogen-bond acceptors (Lipinski definition) is 7. The van der Waals surface area contributed by atoms with E-state index in [1.54, 1.807) is 7.05 Å². The van der Waals surface area contributed by atoms with Gasteiger partial charge in [0.1, 0.15) is 6.10 Å². The summed E-state index contributed by atoms with van der Waals surface area (Å²) in [6.45, 7) is 10.8. The van der Waals surface area contributed by atoms with Gasteiger partial charge in [-0.25, -0.2) is 4.79 Å². The lowest BCUT2D eigenvalue weighted by Crippen LogP contribution is -2.29. The number of rotatable bonds is 43. The Morgan fingerprint density at radius 3 is 1.31 bits per heavy atom. The van der Waals surface area contributed by atoms with E-state index in [4.69, 9.17) is 14.2 Å². The van der Waals surface area contributed by atoms with E-state index in [0.29, 0.717) is 26.1 Å². The third kappa shape index (κ3) is 40.2. The number of nitrogens with zero attached hydrogens (tertiary/aromatic N) is 1. The maximum Gasteiger partial charge on any atom is 0.406 e. The maximum atomic E-state index is 12.8. The topological polar surface area (TPSA) is 94.2 Å². The Kier molecular flexibility index (Phi) is 41.9. The zero-order valence-corrected chi connectivity index (χ0v) is 37.1.